The summed E-state index contributed by atoms with van der Waals surface area (Å²) in [6.45, 7) is 4.70. The molecule has 0 aromatic heterocycles. The zero-order chi connectivity index (χ0) is 8.97. The van der Waals surface area contributed by atoms with Gasteiger partial charge in [0.15, 0.2) is 0 Å². The van der Waals surface area contributed by atoms with Gasteiger partial charge in [-0.25, -0.2) is 0 Å². The van der Waals surface area contributed by atoms with E-state index >= 15 is 0 Å². The number of hydrogen-bond acceptors (Lipinski definition) is 1. The second kappa shape index (κ2) is 8.50. The first-order valence-corrected chi connectivity index (χ1v) is 3.98. The van der Waals surface area contributed by atoms with Gasteiger partial charge >= 0.3 is 23.1 Å². The van der Waals surface area contributed by atoms with Crippen molar-refractivity contribution >= 4 is 23.1 Å². The van der Waals surface area contributed by atoms with Gasteiger partial charge in [0.2, 0.25) is 0 Å². The fourth-order valence-electron chi connectivity index (χ4n) is 0.769. The average Bonchev–Trinajstić information content (AvgIpc) is 2.01. The fourth-order valence-corrected chi connectivity index (χ4v) is 0.769. The molecule has 0 saturated carbocycles. The Morgan fingerprint density at radius 2 is 2.07 bits per heavy atom. The van der Waals surface area contributed by atoms with Gasteiger partial charge in [-0.05, 0) is 5.92 Å². The topological polar surface area (TPSA) is 9.23 Å². The number of benzene rings is 1. The Labute approximate surface area is 111 Å². The van der Waals surface area contributed by atoms with Crippen molar-refractivity contribution in [1.29, 1.82) is 0 Å². The Morgan fingerprint density at radius 1 is 1.43 bits per heavy atom. The summed E-state index contributed by atoms with van der Waals surface area (Å²) in [5.74, 6) is 0.688. The van der Waals surface area contributed by atoms with Crippen LogP contribution in [0.15, 0.2) is 18.2 Å². The van der Waals surface area contributed by atoms with Crippen LogP contribution < -0.4 is 21.7 Å². The minimum Gasteiger partial charge on any atom is -1.00 e. The molecule has 74 valence electrons. The monoisotopic (exact) mass is 270 g/mol. The van der Waals surface area contributed by atoms with E-state index < -0.39 is 0 Å². The molecule has 1 aromatic carbocycles. The molecule has 0 spiro atoms. The molecule has 0 unspecified atom stereocenters. The first-order chi connectivity index (χ1) is 5.68. The maximum absolute atomic E-state index is 12.6. The summed E-state index contributed by atoms with van der Waals surface area (Å²) in [5.41, 5.74) is 0. The van der Waals surface area contributed by atoms with Crippen molar-refractivity contribution in [1.82, 2.24) is 0 Å². The predicted molar refractivity (Wildman–Crippen MR) is 51.3 cm³/mol. The van der Waals surface area contributed by atoms with Crippen LogP contribution in [0.1, 0.15) is 13.8 Å². The van der Waals surface area contributed by atoms with Gasteiger partial charge in [0, 0.05) is 11.6 Å². The molecular weight excluding hydrogens is 259 g/mol. The quantitative estimate of drug-likeness (QED) is 0.521. The van der Waals surface area contributed by atoms with Crippen LogP contribution in [0.5, 0.6) is 5.75 Å². The van der Waals surface area contributed by atoms with Crippen molar-refractivity contribution in [3.8, 4) is 5.75 Å². The van der Waals surface area contributed by atoms with Crippen LogP contribution in [0.25, 0.3) is 0 Å². The summed E-state index contributed by atoms with van der Waals surface area (Å²) >= 11 is 0. The van der Waals surface area contributed by atoms with E-state index in [9.17, 15) is 4.39 Å². The summed E-state index contributed by atoms with van der Waals surface area (Å²) in [4.78, 5) is 0. The molecule has 0 fully saturated rings. The van der Waals surface area contributed by atoms with Crippen molar-refractivity contribution in [3.63, 3.8) is 0 Å². The van der Waals surface area contributed by atoms with Crippen LogP contribution in [0.2, 0.25) is 0 Å². The molecule has 1 nitrogen and oxygen atoms in total. The molecule has 0 amide bonds. The van der Waals surface area contributed by atoms with Crippen LogP contribution in [0.4, 0.5) is 4.39 Å². The molecule has 0 bridgehead atoms. The summed E-state index contributed by atoms with van der Waals surface area (Å²) in [7, 11) is 0. The molecule has 0 radical (unpaired) electrons. The van der Waals surface area contributed by atoms with E-state index in [-0.39, 0.29) is 45.9 Å². The smallest absolute Gasteiger partial charge is 1.00 e. The zero-order valence-electron chi connectivity index (χ0n) is 8.39. The number of rotatable bonds is 3. The van der Waals surface area contributed by atoms with Gasteiger partial charge in [-0.1, -0.05) is 19.9 Å². The van der Waals surface area contributed by atoms with E-state index in [1.165, 1.54) is 12.1 Å². The minimum absolute atomic E-state index is 0. The maximum Gasteiger partial charge on any atom is 2.00 e. The largest absolute Gasteiger partial charge is 2.00 e. The molecule has 0 aliphatic heterocycles. The minimum atomic E-state index is -0.309. The van der Waals surface area contributed by atoms with Crippen molar-refractivity contribution in [2.45, 2.75) is 13.8 Å². The molecule has 0 saturated heterocycles. The van der Waals surface area contributed by atoms with E-state index in [2.05, 4.69) is 6.07 Å². The molecule has 0 aliphatic carbocycles. The molecule has 1 rings (SSSR count). The van der Waals surface area contributed by atoms with Gasteiger partial charge in [0.25, 0.3) is 0 Å². The van der Waals surface area contributed by atoms with Gasteiger partial charge in [0.1, 0.15) is 0 Å². The van der Waals surface area contributed by atoms with E-state index in [4.69, 9.17) is 4.74 Å². The molecule has 0 aliphatic rings. The van der Waals surface area contributed by atoms with Crippen LogP contribution in [-0.2, 0) is 0 Å². The number of halogens is 2. The molecule has 0 N–H and O–H groups in total. The predicted octanol–water partition coefficient (Wildman–Crippen LogP) is -0.716. The van der Waals surface area contributed by atoms with Crippen LogP contribution >= 0.6 is 0 Å². The molecule has 1 aromatic rings. The van der Waals surface area contributed by atoms with Crippen LogP contribution in [0, 0.1) is 17.8 Å². The summed E-state index contributed by atoms with van der Waals surface area (Å²) in [6, 6.07) is 6.92. The molecule has 14 heavy (non-hydrogen) atoms. The molecule has 4 heteroatoms. The fraction of sp³-hybridized carbons (Fsp3) is 0.400. The first kappa shape index (κ1) is 16.6. The molecule has 0 heterocycles. The third-order valence-electron chi connectivity index (χ3n) is 1.31. The normalized spacial score (nSPS) is 8.86. The van der Waals surface area contributed by atoms with E-state index in [0.29, 0.717) is 18.3 Å². The van der Waals surface area contributed by atoms with Crippen molar-refractivity contribution < 1.29 is 26.1 Å². The van der Waals surface area contributed by atoms with E-state index in [1.54, 1.807) is 6.07 Å². The Hall–Kier alpha value is 0.196. The number of hydrogen-bond donors (Lipinski definition) is 0. The second-order valence-electron chi connectivity index (χ2n) is 3.09. The molecule has 0 atom stereocenters. The van der Waals surface area contributed by atoms with Gasteiger partial charge in [-0.15, -0.1) is 12.1 Å². The van der Waals surface area contributed by atoms with Crippen LogP contribution in [-0.4, -0.2) is 29.7 Å². The Bertz CT molecular complexity index is 256. The summed E-state index contributed by atoms with van der Waals surface area (Å²) in [6.07, 6.45) is 0. The first-order valence-electron chi connectivity index (χ1n) is 3.98. The summed E-state index contributed by atoms with van der Waals surface area (Å²) < 4.78 is 17.9. The van der Waals surface area contributed by atoms with Crippen molar-refractivity contribution in [3.05, 3.63) is 30.1 Å². The third-order valence-corrected chi connectivity index (χ3v) is 1.31. The molecular formula is C10H12BrFMgO. The van der Waals surface area contributed by atoms with Gasteiger partial charge in [-0.3, -0.25) is 4.39 Å². The van der Waals surface area contributed by atoms with Gasteiger partial charge in [-0.2, -0.15) is 6.07 Å². The third kappa shape index (κ3) is 6.62. The second-order valence-corrected chi connectivity index (χ2v) is 3.09. The Balaban J connectivity index is 0. The summed E-state index contributed by atoms with van der Waals surface area (Å²) in [5, 5.41) is 0. The Morgan fingerprint density at radius 3 is 2.57 bits per heavy atom. The zero-order valence-corrected chi connectivity index (χ0v) is 11.4. The van der Waals surface area contributed by atoms with E-state index in [1.807, 2.05) is 13.8 Å². The van der Waals surface area contributed by atoms with Crippen molar-refractivity contribution in [2.75, 3.05) is 6.61 Å². The SMILES string of the molecule is CC(C)COc1c[c-]cc(F)c1.[Br-].[Mg+2]. The van der Waals surface area contributed by atoms with Crippen molar-refractivity contribution in [2.24, 2.45) is 5.92 Å². The standard InChI is InChI=1S/C10H12FO.BrH.Mg/c1-8(2)7-12-10-5-3-4-9(11)6-10;;/h4-6,8H,7H2,1-2H3;1H;/q-1;;+2/p-1. The van der Waals surface area contributed by atoms with Gasteiger partial charge in [0.05, 0.1) is 6.61 Å². The average molecular weight is 271 g/mol. The van der Waals surface area contributed by atoms with Gasteiger partial charge < -0.3 is 21.7 Å². The number of ether oxygens (including phenoxy) is 1. The Kier molecular flexibility index (Phi) is 10.1. The van der Waals surface area contributed by atoms with E-state index in [0.717, 1.165) is 0 Å². The van der Waals surface area contributed by atoms with Crippen LogP contribution in [0.3, 0.4) is 0 Å². The maximum atomic E-state index is 12.6.